The van der Waals surface area contributed by atoms with Crippen molar-refractivity contribution in [2.24, 2.45) is 0 Å². The summed E-state index contributed by atoms with van der Waals surface area (Å²) in [6.07, 6.45) is 3.95. The van der Waals surface area contributed by atoms with Crippen molar-refractivity contribution >= 4 is 53.2 Å². The van der Waals surface area contributed by atoms with Gasteiger partial charge in [0.25, 0.3) is 5.91 Å². The van der Waals surface area contributed by atoms with Crippen molar-refractivity contribution in [2.75, 3.05) is 19.7 Å². The molecule has 2 N–H and O–H groups in total. The number of aromatic nitrogens is 1. The quantitative estimate of drug-likeness (QED) is 0.821. The van der Waals surface area contributed by atoms with Crippen LogP contribution in [0.15, 0.2) is 30.5 Å². The maximum absolute atomic E-state index is 11.9. The maximum Gasteiger partial charge on any atom is 0.257 e. The normalized spacial score (nSPS) is 16.1. The van der Waals surface area contributed by atoms with E-state index in [0.29, 0.717) is 28.9 Å². The highest BCUT2D eigenvalue weighted by Gasteiger charge is 2.15. The first-order valence-corrected chi connectivity index (χ1v) is 7.78. The number of rotatable bonds is 5. The van der Waals surface area contributed by atoms with Gasteiger partial charge < -0.3 is 15.4 Å². The van der Waals surface area contributed by atoms with E-state index in [9.17, 15) is 4.79 Å². The Morgan fingerprint density at radius 2 is 2.21 bits per heavy atom. The van der Waals surface area contributed by atoms with Gasteiger partial charge in [0.1, 0.15) is 11.3 Å². The highest BCUT2D eigenvalue weighted by Crippen LogP contribution is 2.29. The van der Waals surface area contributed by atoms with Crippen LogP contribution >= 0.6 is 36.4 Å². The predicted octanol–water partition coefficient (Wildman–Crippen LogP) is 2.98. The molecule has 0 radical (unpaired) electrons. The van der Waals surface area contributed by atoms with Crippen LogP contribution < -0.4 is 15.4 Å². The maximum atomic E-state index is 11.9. The van der Waals surface area contributed by atoms with Crippen LogP contribution in [0, 0.1) is 0 Å². The fourth-order valence-electron chi connectivity index (χ4n) is 2.59. The van der Waals surface area contributed by atoms with E-state index < -0.39 is 0 Å². The Hall–Kier alpha value is -1.27. The summed E-state index contributed by atoms with van der Waals surface area (Å²) in [6, 6.07) is 7.56. The molecule has 1 atom stereocenters. The molecule has 0 spiro atoms. The Labute approximate surface area is 158 Å². The number of carbonyl (C=O) groups excluding carboxylic acids is 1. The first-order valence-electron chi connectivity index (χ1n) is 7.40. The Balaban J connectivity index is 0.00000144. The molecule has 3 rings (SSSR count). The van der Waals surface area contributed by atoms with Crippen molar-refractivity contribution in [3.8, 4) is 5.75 Å². The molecular weight excluding hydrogens is 373 g/mol. The van der Waals surface area contributed by atoms with Crippen molar-refractivity contribution in [3.05, 3.63) is 35.5 Å². The van der Waals surface area contributed by atoms with E-state index in [4.69, 9.17) is 16.3 Å². The number of benzene rings is 1. The molecule has 1 unspecified atom stereocenters. The molecule has 24 heavy (non-hydrogen) atoms. The Kier molecular flexibility index (Phi) is 8.56. The first-order chi connectivity index (χ1) is 10.7. The molecule has 5 nitrogen and oxygen atoms in total. The van der Waals surface area contributed by atoms with Crippen LogP contribution in [0.2, 0.25) is 5.02 Å². The number of ether oxygens (including phenoxy) is 1. The molecule has 1 aromatic carbocycles. The SMILES string of the molecule is Cl.Cl.O=C(COc1ccc(Cl)c2cccnc12)NCC1CCCN1. The summed E-state index contributed by atoms with van der Waals surface area (Å²) in [7, 11) is 0. The van der Waals surface area contributed by atoms with E-state index >= 15 is 0 Å². The van der Waals surface area contributed by atoms with E-state index in [0.717, 1.165) is 18.4 Å². The average Bonchev–Trinajstić information content (AvgIpc) is 3.06. The zero-order chi connectivity index (χ0) is 15.4. The van der Waals surface area contributed by atoms with Gasteiger partial charge in [-0.05, 0) is 43.7 Å². The molecule has 0 aliphatic carbocycles. The molecule has 2 heterocycles. The molecule has 132 valence electrons. The van der Waals surface area contributed by atoms with Gasteiger partial charge >= 0.3 is 0 Å². The average molecular weight is 393 g/mol. The van der Waals surface area contributed by atoms with Crippen LogP contribution in [0.5, 0.6) is 5.75 Å². The summed E-state index contributed by atoms with van der Waals surface area (Å²) in [6.45, 7) is 1.64. The third-order valence-corrected chi connectivity index (χ3v) is 4.08. The Morgan fingerprint density at radius 1 is 1.38 bits per heavy atom. The van der Waals surface area contributed by atoms with Gasteiger partial charge in [-0.25, -0.2) is 0 Å². The zero-order valence-electron chi connectivity index (χ0n) is 13.0. The van der Waals surface area contributed by atoms with E-state index in [1.807, 2.05) is 12.1 Å². The van der Waals surface area contributed by atoms with Gasteiger partial charge in [0.05, 0.1) is 5.02 Å². The highest BCUT2D eigenvalue weighted by atomic mass is 35.5. The molecule has 1 aliphatic rings. The molecule has 1 amide bonds. The van der Waals surface area contributed by atoms with E-state index in [2.05, 4.69) is 15.6 Å². The van der Waals surface area contributed by atoms with Crippen LogP contribution in [0.4, 0.5) is 0 Å². The van der Waals surface area contributed by atoms with Crippen LogP contribution in [-0.4, -0.2) is 36.6 Å². The van der Waals surface area contributed by atoms with Gasteiger partial charge in [-0.1, -0.05) is 11.6 Å². The summed E-state index contributed by atoms with van der Waals surface area (Å²) in [5.74, 6) is 0.432. The molecule has 0 saturated carbocycles. The summed E-state index contributed by atoms with van der Waals surface area (Å²) < 4.78 is 5.60. The summed E-state index contributed by atoms with van der Waals surface area (Å²) in [5, 5.41) is 7.65. The van der Waals surface area contributed by atoms with Crippen molar-refractivity contribution in [3.63, 3.8) is 0 Å². The molecule has 0 bridgehead atoms. The summed E-state index contributed by atoms with van der Waals surface area (Å²) in [5.41, 5.74) is 0.667. The van der Waals surface area contributed by atoms with Gasteiger partial charge in [0, 0.05) is 24.2 Å². The van der Waals surface area contributed by atoms with Gasteiger partial charge in [-0.15, -0.1) is 24.8 Å². The fourth-order valence-corrected chi connectivity index (χ4v) is 2.81. The number of halogens is 3. The predicted molar refractivity (Wildman–Crippen MR) is 101 cm³/mol. The van der Waals surface area contributed by atoms with Crippen LogP contribution in [0.3, 0.4) is 0 Å². The monoisotopic (exact) mass is 391 g/mol. The van der Waals surface area contributed by atoms with Crippen molar-refractivity contribution in [1.82, 2.24) is 15.6 Å². The third-order valence-electron chi connectivity index (χ3n) is 3.75. The van der Waals surface area contributed by atoms with Crippen LogP contribution in [0.1, 0.15) is 12.8 Å². The minimum atomic E-state index is -0.132. The lowest BCUT2D eigenvalue weighted by Crippen LogP contribution is -2.39. The largest absolute Gasteiger partial charge is 0.481 e. The molecule has 1 saturated heterocycles. The molecule has 8 heteroatoms. The number of pyridine rings is 1. The number of amides is 1. The van der Waals surface area contributed by atoms with Crippen molar-refractivity contribution in [2.45, 2.75) is 18.9 Å². The molecule has 1 fully saturated rings. The van der Waals surface area contributed by atoms with Crippen molar-refractivity contribution in [1.29, 1.82) is 0 Å². The van der Waals surface area contributed by atoms with Gasteiger partial charge in [-0.3, -0.25) is 9.78 Å². The fraction of sp³-hybridized carbons (Fsp3) is 0.375. The lowest BCUT2D eigenvalue weighted by molar-refractivity contribution is -0.123. The van der Waals surface area contributed by atoms with E-state index in [-0.39, 0.29) is 37.3 Å². The second-order valence-corrected chi connectivity index (χ2v) is 5.74. The van der Waals surface area contributed by atoms with E-state index in [1.54, 1.807) is 18.3 Å². The lowest BCUT2D eigenvalue weighted by Gasteiger charge is -2.12. The topological polar surface area (TPSA) is 63.2 Å². The molecule has 2 aromatic rings. The summed E-state index contributed by atoms with van der Waals surface area (Å²) >= 11 is 6.13. The molecular formula is C16H20Cl3N3O2. The minimum Gasteiger partial charge on any atom is -0.481 e. The minimum absolute atomic E-state index is 0. The number of nitrogens with one attached hydrogen (secondary N) is 2. The van der Waals surface area contributed by atoms with Crippen molar-refractivity contribution < 1.29 is 9.53 Å². The standard InChI is InChI=1S/C16H18ClN3O2.2ClH/c17-13-5-6-14(16-12(13)4-2-8-19-16)22-10-15(21)20-9-11-3-1-7-18-11;;/h2,4-6,8,11,18H,1,3,7,9-10H2,(H,20,21);2*1H. The number of carbonyl (C=O) groups is 1. The number of nitrogens with zero attached hydrogens (tertiary/aromatic N) is 1. The van der Waals surface area contributed by atoms with E-state index in [1.165, 1.54) is 6.42 Å². The van der Waals surface area contributed by atoms with Gasteiger partial charge in [-0.2, -0.15) is 0 Å². The zero-order valence-corrected chi connectivity index (χ0v) is 15.3. The summed E-state index contributed by atoms with van der Waals surface area (Å²) in [4.78, 5) is 16.1. The second-order valence-electron chi connectivity index (χ2n) is 5.33. The molecule has 1 aliphatic heterocycles. The second kappa shape index (κ2) is 9.89. The number of fused-ring (bicyclic) bond motifs is 1. The third kappa shape index (κ3) is 5.11. The van der Waals surface area contributed by atoms with Crippen LogP contribution in [-0.2, 0) is 4.79 Å². The Morgan fingerprint density at radius 3 is 2.96 bits per heavy atom. The lowest BCUT2D eigenvalue weighted by atomic mass is 10.2. The van der Waals surface area contributed by atoms with Crippen LogP contribution in [0.25, 0.3) is 10.9 Å². The van der Waals surface area contributed by atoms with Gasteiger partial charge in [0.2, 0.25) is 0 Å². The highest BCUT2D eigenvalue weighted by molar-refractivity contribution is 6.35. The smallest absolute Gasteiger partial charge is 0.257 e. The first kappa shape index (κ1) is 20.8. The number of hydrogen-bond donors (Lipinski definition) is 2. The van der Waals surface area contributed by atoms with Gasteiger partial charge in [0.15, 0.2) is 6.61 Å². The molecule has 1 aromatic heterocycles. The Bertz CT molecular complexity index is 679. The number of hydrogen-bond acceptors (Lipinski definition) is 4.